The summed E-state index contributed by atoms with van der Waals surface area (Å²) in [4.78, 5) is 12.4. The first-order valence-electron chi connectivity index (χ1n) is 8.82. The topological polar surface area (TPSA) is 81.7 Å². The van der Waals surface area contributed by atoms with E-state index in [4.69, 9.17) is 9.47 Å². The number of benzene rings is 2. The molecule has 0 saturated carbocycles. The molecule has 0 bridgehead atoms. The van der Waals surface area contributed by atoms with Gasteiger partial charge in [0, 0.05) is 12.8 Å². The molecule has 27 heavy (non-hydrogen) atoms. The number of sulfone groups is 1. The third kappa shape index (κ3) is 5.72. The molecule has 0 saturated heterocycles. The van der Waals surface area contributed by atoms with Crippen LogP contribution in [0.25, 0.3) is 0 Å². The lowest BCUT2D eigenvalue weighted by atomic mass is 10.1. The molecule has 0 aromatic heterocycles. The highest BCUT2D eigenvalue weighted by molar-refractivity contribution is 7.90. The van der Waals surface area contributed by atoms with Gasteiger partial charge in [0.2, 0.25) is 0 Å². The van der Waals surface area contributed by atoms with Crippen molar-refractivity contribution in [1.29, 1.82) is 0 Å². The second-order valence-electron chi connectivity index (χ2n) is 5.92. The monoisotopic (exact) mass is 391 g/mol. The molecule has 7 heteroatoms. The van der Waals surface area contributed by atoms with Crippen molar-refractivity contribution < 1.29 is 22.7 Å². The largest absolute Gasteiger partial charge is 0.490 e. The number of amides is 1. The number of carbonyl (C=O) groups excluding carboxylic acids is 1. The molecule has 0 aliphatic heterocycles. The molecule has 2 aromatic rings. The van der Waals surface area contributed by atoms with Crippen LogP contribution in [-0.4, -0.2) is 40.3 Å². The van der Waals surface area contributed by atoms with Crippen LogP contribution >= 0.6 is 0 Å². The molecule has 0 radical (unpaired) electrons. The minimum atomic E-state index is -3.47. The molecule has 0 atom stereocenters. The van der Waals surface area contributed by atoms with Crippen LogP contribution in [-0.2, 0) is 16.3 Å². The van der Waals surface area contributed by atoms with Crippen molar-refractivity contribution in [1.82, 2.24) is 5.32 Å². The van der Waals surface area contributed by atoms with Gasteiger partial charge in [0.1, 0.15) is 0 Å². The van der Waals surface area contributed by atoms with Crippen molar-refractivity contribution in [2.75, 3.05) is 26.0 Å². The first kappa shape index (κ1) is 20.8. The molecule has 0 heterocycles. The third-order valence-corrected chi connectivity index (χ3v) is 4.99. The van der Waals surface area contributed by atoms with E-state index in [0.717, 1.165) is 11.8 Å². The lowest BCUT2D eigenvalue weighted by molar-refractivity contribution is 0.0951. The van der Waals surface area contributed by atoms with Gasteiger partial charge in [-0.05, 0) is 50.1 Å². The third-order valence-electron chi connectivity index (χ3n) is 3.84. The van der Waals surface area contributed by atoms with Gasteiger partial charge in [0.25, 0.3) is 5.91 Å². The van der Waals surface area contributed by atoms with E-state index >= 15 is 0 Å². The molecular formula is C20H25NO5S. The van der Waals surface area contributed by atoms with E-state index in [2.05, 4.69) is 5.32 Å². The lowest BCUT2D eigenvalue weighted by Gasteiger charge is -2.13. The summed E-state index contributed by atoms with van der Waals surface area (Å²) in [6, 6.07) is 11.9. The van der Waals surface area contributed by atoms with E-state index < -0.39 is 15.7 Å². The van der Waals surface area contributed by atoms with Crippen molar-refractivity contribution in [3.63, 3.8) is 0 Å². The van der Waals surface area contributed by atoms with Crippen LogP contribution in [0.15, 0.2) is 47.4 Å². The summed E-state index contributed by atoms with van der Waals surface area (Å²) in [6.07, 6.45) is 1.67. The predicted molar refractivity (Wildman–Crippen MR) is 104 cm³/mol. The maximum Gasteiger partial charge on any atom is 0.252 e. The molecule has 146 valence electrons. The maximum atomic E-state index is 12.4. The van der Waals surface area contributed by atoms with Crippen LogP contribution in [0.4, 0.5) is 0 Å². The summed E-state index contributed by atoms with van der Waals surface area (Å²) in [7, 11) is -3.47. The molecule has 6 nitrogen and oxygen atoms in total. The SMILES string of the molecule is CCOc1ccc(CCNC(=O)c2ccccc2S(C)(=O)=O)cc1OCC. The molecule has 2 aromatic carbocycles. The Balaban J connectivity index is 2.04. The quantitative estimate of drug-likeness (QED) is 0.711. The molecule has 0 spiro atoms. The Kier molecular flexibility index (Phi) is 7.24. The van der Waals surface area contributed by atoms with Crippen molar-refractivity contribution in [2.45, 2.75) is 25.2 Å². The van der Waals surface area contributed by atoms with E-state index in [1.54, 1.807) is 12.1 Å². The zero-order valence-corrected chi connectivity index (χ0v) is 16.6. The van der Waals surface area contributed by atoms with Crippen LogP contribution in [0.5, 0.6) is 11.5 Å². The van der Waals surface area contributed by atoms with Gasteiger partial charge >= 0.3 is 0 Å². The van der Waals surface area contributed by atoms with Gasteiger partial charge in [0.05, 0.1) is 23.7 Å². The highest BCUT2D eigenvalue weighted by atomic mass is 32.2. The Labute approximate surface area is 160 Å². The highest BCUT2D eigenvalue weighted by Crippen LogP contribution is 2.28. The van der Waals surface area contributed by atoms with Gasteiger partial charge < -0.3 is 14.8 Å². The van der Waals surface area contributed by atoms with Crippen LogP contribution in [0, 0.1) is 0 Å². The van der Waals surface area contributed by atoms with Gasteiger partial charge in [-0.2, -0.15) is 0 Å². The fraction of sp³-hybridized carbons (Fsp3) is 0.350. The minimum Gasteiger partial charge on any atom is -0.490 e. The molecule has 0 aliphatic carbocycles. The number of rotatable bonds is 9. The fourth-order valence-corrected chi connectivity index (χ4v) is 3.53. The van der Waals surface area contributed by atoms with E-state index in [1.807, 2.05) is 32.0 Å². The second kappa shape index (κ2) is 9.41. The average Bonchev–Trinajstić information content (AvgIpc) is 2.63. The van der Waals surface area contributed by atoms with E-state index in [1.165, 1.54) is 12.1 Å². The average molecular weight is 391 g/mol. The first-order chi connectivity index (χ1) is 12.9. The summed E-state index contributed by atoms with van der Waals surface area (Å²) in [5, 5.41) is 2.78. The number of ether oxygens (including phenoxy) is 2. The first-order valence-corrected chi connectivity index (χ1v) is 10.7. The Morgan fingerprint density at radius 3 is 2.33 bits per heavy atom. The zero-order valence-electron chi connectivity index (χ0n) is 15.8. The second-order valence-corrected chi connectivity index (χ2v) is 7.91. The van der Waals surface area contributed by atoms with Crippen LogP contribution in [0.3, 0.4) is 0 Å². The molecule has 1 amide bonds. The van der Waals surface area contributed by atoms with Crippen molar-refractivity contribution in [3.8, 4) is 11.5 Å². The Hall–Kier alpha value is -2.54. The fourth-order valence-electron chi connectivity index (χ4n) is 2.64. The van der Waals surface area contributed by atoms with Crippen molar-refractivity contribution in [3.05, 3.63) is 53.6 Å². The molecule has 1 N–H and O–H groups in total. The van der Waals surface area contributed by atoms with Gasteiger partial charge in [-0.25, -0.2) is 8.42 Å². The summed E-state index contributed by atoms with van der Waals surface area (Å²) in [6.45, 7) is 5.27. The van der Waals surface area contributed by atoms with E-state index in [9.17, 15) is 13.2 Å². The summed E-state index contributed by atoms with van der Waals surface area (Å²) < 4.78 is 34.8. The normalized spacial score (nSPS) is 11.1. The molecule has 0 fully saturated rings. The molecule has 2 rings (SSSR count). The minimum absolute atomic E-state index is 0.0298. The van der Waals surface area contributed by atoms with Crippen LogP contribution in [0.1, 0.15) is 29.8 Å². The number of carbonyl (C=O) groups is 1. The van der Waals surface area contributed by atoms with Crippen molar-refractivity contribution >= 4 is 15.7 Å². The van der Waals surface area contributed by atoms with Crippen LogP contribution < -0.4 is 14.8 Å². The van der Waals surface area contributed by atoms with Gasteiger partial charge in [-0.15, -0.1) is 0 Å². The highest BCUT2D eigenvalue weighted by Gasteiger charge is 2.17. The number of hydrogen-bond acceptors (Lipinski definition) is 5. The smallest absolute Gasteiger partial charge is 0.252 e. The summed E-state index contributed by atoms with van der Waals surface area (Å²) in [5.74, 6) is 0.951. The van der Waals surface area contributed by atoms with E-state index in [-0.39, 0.29) is 10.5 Å². The summed E-state index contributed by atoms with van der Waals surface area (Å²) in [5.41, 5.74) is 1.14. The Bertz CT molecular complexity index is 893. The van der Waals surface area contributed by atoms with Crippen molar-refractivity contribution in [2.24, 2.45) is 0 Å². The molecule has 0 aliphatic rings. The number of nitrogens with one attached hydrogen (secondary N) is 1. The van der Waals surface area contributed by atoms with Gasteiger partial charge in [-0.3, -0.25) is 4.79 Å². The van der Waals surface area contributed by atoms with E-state index in [0.29, 0.717) is 37.7 Å². The Morgan fingerprint density at radius 1 is 1.00 bits per heavy atom. The molecule has 0 unspecified atom stereocenters. The van der Waals surface area contributed by atoms with Crippen LogP contribution in [0.2, 0.25) is 0 Å². The molecular weight excluding hydrogens is 366 g/mol. The lowest BCUT2D eigenvalue weighted by Crippen LogP contribution is -2.27. The van der Waals surface area contributed by atoms with Gasteiger partial charge in [-0.1, -0.05) is 18.2 Å². The summed E-state index contributed by atoms with van der Waals surface area (Å²) >= 11 is 0. The number of hydrogen-bond donors (Lipinski definition) is 1. The predicted octanol–water partition coefficient (Wildman–Crippen LogP) is 2.86. The Morgan fingerprint density at radius 2 is 1.67 bits per heavy atom. The van der Waals surface area contributed by atoms with Gasteiger partial charge in [0.15, 0.2) is 21.3 Å². The zero-order chi connectivity index (χ0) is 19.9. The standard InChI is InChI=1S/C20H25NO5S/c1-4-25-17-11-10-15(14-18(17)26-5-2)12-13-21-20(22)16-8-6-7-9-19(16)27(3,23)24/h6-11,14H,4-5,12-13H2,1-3H3,(H,21,22). The maximum absolute atomic E-state index is 12.4.